The molecule has 0 atom stereocenters. The van der Waals surface area contributed by atoms with Crippen LogP contribution in [0.3, 0.4) is 0 Å². The number of nitrogens with one attached hydrogen (secondary N) is 1. The van der Waals surface area contributed by atoms with Crippen molar-refractivity contribution in [1.29, 1.82) is 0 Å². The molecule has 26 heavy (non-hydrogen) atoms. The molecule has 1 N–H and O–H groups in total. The number of fused-ring (bicyclic) bond motifs is 1. The average Bonchev–Trinajstić information content (AvgIpc) is 2.65. The molecule has 3 nitrogen and oxygen atoms in total. The van der Waals surface area contributed by atoms with Crippen LogP contribution in [0.5, 0.6) is 0 Å². The van der Waals surface area contributed by atoms with Crippen LogP contribution >= 0.6 is 0 Å². The van der Waals surface area contributed by atoms with Crippen molar-refractivity contribution < 1.29 is 8.42 Å². The largest absolute Gasteiger partial charge is 0.240 e. The van der Waals surface area contributed by atoms with E-state index >= 15 is 0 Å². The second-order valence-electron chi connectivity index (χ2n) is 7.09. The second-order valence-corrected chi connectivity index (χ2v) is 8.86. The molecule has 0 aliphatic rings. The van der Waals surface area contributed by atoms with Crippen molar-refractivity contribution in [3.05, 3.63) is 42.5 Å². The molecule has 2 aromatic rings. The summed E-state index contributed by atoms with van der Waals surface area (Å²) in [7, 11) is -3.41. The Morgan fingerprint density at radius 3 is 1.96 bits per heavy atom. The molecule has 0 aliphatic heterocycles. The molecule has 0 spiro atoms. The normalized spacial score (nSPS) is 11.9. The summed E-state index contributed by atoms with van der Waals surface area (Å²) in [6, 6.07) is 13.1. The lowest BCUT2D eigenvalue weighted by molar-refractivity contribution is 0.549. The molecule has 0 fully saturated rings. The number of sulfonamides is 1. The summed E-state index contributed by atoms with van der Waals surface area (Å²) in [6.45, 7) is 2.76. The minimum Gasteiger partial charge on any atom is -0.211 e. The Morgan fingerprint density at radius 2 is 1.31 bits per heavy atom. The van der Waals surface area contributed by atoms with Crippen LogP contribution in [0.2, 0.25) is 0 Å². The Kier molecular flexibility index (Phi) is 9.13. The van der Waals surface area contributed by atoms with Crippen LogP contribution in [0.15, 0.2) is 47.4 Å². The maximum absolute atomic E-state index is 12.4. The number of benzene rings is 2. The zero-order valence-electron chi connectivity index (χ0n) is 16.0. The quantitative estimate of drug-likeness (QED) is 0.434. The van der Waals surface area contributed by atoms with E-state index in [1.807, 2.05) is 30.3 Å². The second kappa shape index (κ2) is 11.3. The highest BCUT2D eigenvalue weighted by Crippen LogP contribution is 2.19. The molecule has 0 saturated carbocycles. The zero-order chi connectivity index (χ0) is 18.7. The van der Waals surface area contributed by atoms with Gasteiger partial charge in [0.25, 0.3) is 0 Å². The molecule has 2 aromatic carbocycles. The maximum atomic E-state index is 12.4. The van der Waals surface area contributed by atoms with Gasteiger partial charge in [0.1, 0.15) is 0 Å². The average molecular weight is 376 g/mol. The van der Waals surface area contributed by atoms with E-state index in [1.165, 1.54) is 51.4 Å². The molecule has 144 valence electrons. The summed E-state index contributed by atoms with van der Waals surface area (Å²) >= 11 is 0. The SMILES string of the molecule is CCCCCCCCCCCCNS(=O)(=O)c1ccc2ccccc2c1. The first-order valence-electron chi connectivity index (χ1n) is 10.1. The number of hydrogen-bond donors (Lipinski definition) is 1. The van der Waals surface area contributed by atoms with Gasteiger partial charge in [-0.3, -0.25) is 0 Å². The number of hydrogen-bond acceptors (Lipinski definition) is 2. The summed E-state index contributed by atoms with van der Waals surface area (Å²) in [5.74, 6) is 0. The highest BCUT2D eigenvalue weighted by molar-refractivity contribution is 7.89. The van der Waals surface area contributed by atoms with E-state index in [2.05, 4.69) is 11.6 Å². The third kappa shape index (κ3) is 7.08. The first-order chi connectivity index (χ1) is 12.6. The lowest BCUT2D eigenvalue weighted by atomic mass is 10.1. The van der Waals surface area contributed by atoms with E-state index in [4.69, 9.17) is 0 Å². The van der Waals surface area contributed by atoms with Crippen molar-refractivity contribution in [3.63, 3.8) is 0 Å². The van der Waals surface area contributed by atoms with Crippen molar-refractivity contribution in [1.82, 2.24) is 4.72 Å². The van der Waals surface area contributed by atoms with Crippen LogP contribution in [0, 0.1) is 0 Å². The highest BCUT2D eigenvalue weighted by Gasteiger charge is 2.13. The fraction of sp³-hybridized carbons (Fsp3) is 0.545. The monoisotopic (exact) mass is 375 g/mol. The molecule has 0 radical (unpaired) electrons. The lowest BCUT2D eigenvalue weighted by Gasteiger charge is -2.08. The van der Waals surface area contributed by atoms with Gasteiger partial charge in [-0.15, -0.1) is 0 Å². The predicted molar refractivity (Wildman–Crippen MR) is 111 cm³/mol. The van der Waals surface area contributed by atoms with E-state index < -0.39 is 10.0 Å². The lowest BCUT2D eigenvalue weighted by Crippen LogP contribution is -2.24. The smallest absolute Gasteiger partial charge is 0.211 e. The molecule has 2 rings (SSSR count). The van der Waals surface area contributed by atoms with Gasteiger partial charge in [0.15, 0.2) is 0 Å². The number of unbranched alkanes of at least 4 members (excludes halogenated alkanes) is 9. The fourth-order valence-corrected chi connectivity index (χ4v) is 4.35. The van der Waals surface area contributed by atoms with Gasteiger partial charge < -0.3 is 0 Å². The maximum Gasteiger partial charge on any atom is 0.240 e. The van der Waals surface area contributed by atoms with Gasteiger partial charge in [-0.1, -0.05) is 95.0 Å². The summed E-state index contributed by atoms with van der Waals surface area (Å²) in [6.07, 6.45) is 12.5. The molecule has 0 unspecified atom stereocenters. The van der Waals surface area contributed by atoms with E-state index in [0.717, 1.165) is 23.6 Å². The molecule has 0 bridgehead atoms. The minimum atomic E-state index is -3.41. The summed E-state index contributed by atoms with van der Waals surface area (Å²) in [5, 5.41) is 2.01. The minimum absolute atomic E-state index is 0.350. The van der Waals surface area contributed by atoms with Crippen LogP contribution in [-0.2, 0) is 10.0 Å². The van der Waals surface area contributed by atoms with Crippen molar-refractivity contribution in [2.75, 3.05) is 6.54 Å². The van der Waals surface area contributed by atoms with Gasteiger partial charge in [0.2, 0.25) is 10.0 Å². The molecule has 0 saturated heterocycles. The number of rotatable bonds is 13. The van der Waals surface area contributed by atoms with Gasteiger partial charge in [-0.25, -0.2) is 13.1 Å². The van der Waals surface area contributed by atoms with Crippen molar-refractivity contribution in [2.45, 2.75) is 76.0 Å². The summed E-state index contributed by atoms with van der Waals surface area (Å²) in [5.41, 5.74) is 0. The molecule has 0 heterocycles. The molecular weight excluding hydrogens is 342 g/mol. The van der Waals surface area contributed by atoms with Crippen LogP contribution in [0.4, 0.5) is 0 Å². The first-order valence-corrected chi connectivity index (χ1v) is 11.6. The molecule has 0 aliphatic carbocycles. The Balaban J connectivity index is 1.63. The van der Waals surface area contributed by atoms with Gasteiger partial charge in [0, 0.05) is 6.54 Å². The van der Waals surface area contributed by atoms with Crippen LogP contribution in [-0.4, -0.2) is 15.0 Å². The van der Waals surface area contributed by atoms with Crippen molar-refractivity contribution >= 4 is 20.8 Å². The Morgan fingerprint density at radius 1 is 0.731 bits per heavy atom. The first kappa shape index (κ1) is 20.9. The molecule has 0 amide bonds. The van der Waals surface area contributed by atoms with Crippen LogP contribution < -0.4 is 4.72 Å². The van der Waals surface area contributed by atoms with Gasteiger partial charge >= 0.3 is 0 Å². The Bertz CT molecular complexity index is 756. The Hall–Kier alpha value is -1.39. The van der Waals surface area contributed by atoms with E-state index in [-0.39, 0.29) is 0 Å². The highest BCUT2D eigenvalue weighted by atomic mass is 32.2. The topological polar surface area (TPSA) is 46.2 Å². The van der Waals surface area contributed by atoms with Crippen LogP contribution in [0.25, 0.3) is 10.8 Å². The Labute approximate surface area is 159 Å². The standard InChI is InChI=1S/C22H33NO2S/c1-2-3-4-5-6-7-8-9-10-13-18-23-26(24,25)22-17-16-20-14-11-12-15-21(20)19-22/h11-12,14-17,19,23H,2-10,13,18H2,1H3. The van der Waals surface area contributed by atoms with E-state index in [0.29, 0.717) is 11.4 Å². The fourth-order valence-electron chi connectivity index (χ4n) is 3.24. The molecule has 0 aromatic heterocycles. The van der Waals surface area contributed by atoms with E-state index in [1.54, 1.807) is 12.1 Å². The van der Waals surface area contributed by atoms with Gasteiger partial charge in [0.05, 0.1) is 4.90 Å². The van der Waals surface area contributed by atoms with Gasteiger partial charge in [-0.2, -0.15) is 0 Å². The summed E-state index contributed by atoms with van der Waals surface area (Å²) in [4.78, 5) is 0.350. The zero-order valence-corrected chi connectivity index (χ0v) is 16.9. The summed E-state index contributed by atoms with van der Waals surface area (Å²) < 4.78 is 27.6. The van der Waals surface area contributed by atoms with Crippen LogP contribution in [0.1, 0.15) is 71.1 Å². The molecular formula is C22H33NO2S. The molecule has 4 heteroatoms. The van der Waals surface area contributed by atoms with Crippen molar-refractivity contribution in [3.8, 4) is 0 Å². The van der Waals surface area contributed by atoms with Crippen molar-refractivity contribution in [2.24, 2.45) is 0 Å². The van der Waals surface area contributed by atoms with Gasteiger partial charge in [-0.05, 0) is 29.3 Å². The predicted octanol–water partition coefficient (Wildman–Crippen LogP) is 6.04. The third-order valence-corrected chi connectivity index (χ3v) is 6.31. The van der Waals surface area contributed by atoms with E-state index in [9.17, 15) is 8.42 Å². The third-order valence-electron chi connectivity index (χ3n) is 4.85.